The van der Waals surface area contributed by atoms with Gasteiger partial charge in [-0.1, -0.05) is 26.0 Å². The third-order valence-corrected chi connectivity index (χ3v) is 5.02. The molecule has 0 aliphatic carbocycles. The molecule has 29 heavy (non-hydrogen) atoms. The summed E-state index contributed by atoms with van der Waals surface area (Å²) in [5, 5.41) is 10.3. The Morgan fingerprint density at radius 3 is 2.07 bits per heavy atom. The van der Waals surface area contributed by atoms with Crippen molar-refractivity contribution in [2.24, 2.45) is 0 Å². The van der Waals surface area contributed by atoms with Gasteiger partial charge >= 0.3 is 0 Å². The molecule has 1 heterocycles. The van der Waals surface area contributed by atoms with E-state index in [-0.39, 0.29) is 30.6 Å². The topological polar surface area (TPSA) is 35.9 Å². The lowest BCUT2D eigenvalue weighted by molar-refractivity contribution is 0.0663. The molecule has 1 atom stereocenters. The Morgan fingerprint density at radius 2 is 1.52 bits per heavy atom. The normalized spacial score (nSPS) is 15.4. The number of halogens is 3. The number of β-amino-alcohol motifs (C(OH)–C–C–N with tert-alkyl or cyclic N) is 1. The Labute approximate surface area is 185 Å². The molecule has 0 saturated carbocycles. The van der Waals surface area contributed by atoms with Gasteiger partial charge < -0.3 is 14.7 Å². The molecule has 0 aromatic heterocycles. The third kappa shape index (κ3) is 7.67. The SMILES string of the molecule is CC(C)c1ccc(OCC(O)CN2CCN(c3ccc(F)cc3)CC2)cc1.Cl.Cl. The second-order valence-corrected chi connectivity index (χ2v) is 7.45. The summed E-state index contributed by atoms with van der Waals surface area (Å²) in [7, 11) is 0. The largest absolute Gasteiger partial charge is 0.491 e. The van der Waals surface area contributed by atoms with Gasteiger partial charge in [0.2, 0.25) is 0 Å². The molecular formula is C22H31Cl2FN2O2. The Kier molecular flexibility index (Phi) is 10.8. The summed E-state index contributed by atoms with van der Waals surface area (Å²) >= 11 is 0. The standard InChI is InChI=1S/C22H29FN2O2.2ClH/c1-17(2)18-3-9-22(10-4-18)27-16-21(26)15-24-11-13-25(14-12-24)20-7-5-19(23)6-8-20;;/h3-10,17,21,26H,11-16H2,1-2H3;2*1H. The van der Waals surface area contributed by atoms with Gasteiger partial charge in [0, 0.05) is 38.4 Å². The maximum atomic E-state index is 13.0. The lowest BCUT2D eigenvalue weighted by Crippen LogP contribution is -2.49. The lowest BCUT2D eigenvalue weighted by Gasteiger charge is -2.36. The lowest BCUT2D eigenvalue weighted by atomic mass is 10.0. The van der Waals surface area contributed by atoms with E-state index in [1.165, 1.54) is 17.7 Å². The number of hydrogen-bond acceptors (Lipinski definition) is 4. The molecule has 1 unspecified atom stereocenters. The molecule has 0 bridgehead atoms. The summed E-state index contributed by atoms with van der Waals surface area (Å²) in [6, 6.07) is 14.7. The van der Waals surface area contributed by atoms with E-state index in [1.807, 2.05) is 24.3 Å². The van der Waals surface area contributed by atoms with Gasteiger partial charge in [-0.05, 0) is 47.9 Å². The first kappa shape index (κ1) is 25.5. The number of nitrogens with zero attached hydrogens (tertiary/aromatic N) is 2. The van der Waals surface area contributed by atoms with E-state index in [0.29, 0.717) is 19.1 Å². The maximum absolute atomic E-state index is 13.0. The molecule has 0 spiro atoms. The fourth-order valence-corrected chi connectivity index (χ4v) is 3.33. The number of anilines is 1. The summed E-state index contributed by atoms with van der Waals surface area (Å²) in [4.78, 5) is 4.49. The first-order valence-corrected chi connectivity index (χ1v) is 9.65. The van der Waals surface area contributed by atoms with Crippen LogP contribution < -0.4 is 9.64 Å². The third-order valence-electron chi connectivity index (χ3n) is 5.02. The number of aliphatic hydroxyl groups is 1. The molecule has 0 radical (unpaired) electrons. The molecule has 3 rings (SSSR count). The van der Waals surface area contributed by atoms with Crippen LogP contribution in [0.3, 0.4) is 0 Å². The summed E-state index contributed by atoms with van der Waals surface area (Å²) < 4.78 is 18.8. The van der Waals surface area contributed by atoms with Gasteiger partial charge in [-0.25, -0.2) is 4.39 Å². The maximum Gasteiger partial charge on any atom is 0.123 e. The van der Waals surface area contributed by atoms with E-state index in [4.69, 9.17) is 4.74 Å². The highest BCUT2D eigenvalue weighted by atomic mass is 35.5. The van der Waals surface area contributed by atoms with Gasteiger partial charge in [-0.3, -0.25) is 4.90 Å². The predicted molar refractivity (Wildman–Crippen MR) is 122 cm³/mol. The van der Waals surface area contributed by atoms with Crippen molar-refractivity contribution in [3.05, 3.63) is 59.9 Å². The first-order chi connectivity index (χ1) is 13.0. The zero-order chi connectivity index (χ0) is 19.2. The van der Waals surface area contributed by atoms with E-state index in [1.54, 1.807) is 0 Å². The minimum Gasteiger partial charge on any atom is -0.491 e. The second kappa shape index (κ2) is 12.2. The van der Waals surface area contributed by atoms with Gasteiger partial charge in [0.05, 0.1) is 0 Å². The van der Waals surface area contributed by atoms with E-state index in [9.17, 15) is 9.50 Å². The molecule has 1 N–H and O–H groups in total. The van der Waals surface area contributed by atoms with Crippen LogP contribution in [0.15, 0.2) is 48.5 Å². The van der Waals surface area contributed by atoms with Crippen LogP contribution in [0.1, 0.15) is 25.3 Å². The second-order valence-electron chi connectivity index (χ2n) is 7.45. The zero-order valence-corrected chi connectivity index (χ0v) is 18.6. The molecule has 1 saturated heterocycles. The summed E-state index contributed by atoms with van der Waals surface area (Å²) in [6.45, 7) is 8.70. The minimum absolute atomic E-state index is 0. The highest BCUT2D eigenvalue weighted by Gasteiger charge is 2.19. The number of rotatable bonds is 7. The quantitative estimate of drug-likeness (QED) is 0.688. The molecule has 1 fully saturated rings. The number of ether oxygens (including phenoxy) is 1. The predicted octanol–water partition coefficient (Wildman–Crippen LogP) is 4.35. The number of benzene rings is 2. The van der Waals surface area contributed by atoms with Crippen LogP contribution in [0.2, 0.25) is 0 Å². The molecule has 7 heteroatoms. The Hall–Kier alpha value is -1.53. The van der Waals surface area contributed by atoms with Crippen molar-refractivity contribution >= 4 is 30.5 Å². The van der Waals surface area contributed by atoms with E-state index in [2.05, 4.69) is 35.8 Å². The molecule has 162 valence electrons. The summed E-state index contributed by atoms with van der Waals surface area (Å²) in [5.41, 5.74) is 2.33. The van der Waals surface area contributed by atoms with Crippen molar-refractivity contribution in [3.63, 3.8) is 0 Å². The van der Waals surface area contributed by atoms with Gasteiger partial charge in [0.25, 0.3) is 0 Å². The van der Waals surface area contributed by atoms with Gasteiger partial charge in [-0.15, -0.1) is 24.8 Å². The van der Waals surface area contributed by atoms with Crippen LogP contribution in [0.4, 0.5) is 10.1 Å². The Morgan fingerprint density at radius 1 is 0.931 bits per heavy atom. The molecular weight excluding hydrogens is 414 g/mol. The number of piperazine rings is 1. The van der Waals surface area contributed by atoms with Crippen molar-refractivity contribution in [2.45, 2.75) is 25.9 Å². The Balaban J connectivity index is 0.00000210. The fourth-order valence-electron chi connectivity index (χ4n) is 3.33. The smallest absolute Gasteiger partial charge is 0.123 e. The van der Waals surface area contributed by atoms with Crippen LogP contribution in [0.25, 0.3) is 0 Å². The van der Waals surface area contributed by atoms with Gasteiger partial charge in [0.15, 0.2) is 0 Å². The van der Waals surface area contributed by atoms with Gasteiger partial charge in [0.1, 0.15) is 24.3 Å². The van der Waals surface area contributed by atoms with E-state index in [0.717, 1.165) is 37.6 Å². The zero-order valence-electron chi connectivity index (χ0n) is 17.0. The number of hydrogen-bond donors (Lipinski definition) is 1. The van der Waals surface area contributed by atoms with Crippen LogP contribution in [-0.2, 0) is 0 Å². The molecule has 2 aromatic rings. The first-order valence-electron chi connectivity index (χ1n) is 9.65. The minimum atomic E-state index is -0.521. The van der Waals surface area contributed by atoms with Crippen molar-refractivity contribution in [2.75, 3.05) is 44.2 Å². The highest BCUT2D eigenvalue weighted by molar-refractivity contribution is 5.85. The van der Waals surface area contributed by atoms with Crippen molar-refractivity contribution in [3.8, 4) is 5.75 Å². The molecule has 1 aliphatic rings. The molecule has 4 nitrogen and oxygen atoms in total. The summed E-state index contributed by atoms with van der Waals surface area (Å²) in [6.07, 6.45) is -0.521. The number of aliphatic hydroxyl groups excluding tert-OH is 1. The molecule has 1 aliphatic heterocycles. The van der Waals surface area contributed by atoms with Crippen LogP contribution in [0.5, 0.6) is 5.75 Å². The highest BCUT2D eigenvalue weighted by Crippen LogP contribution is 2.19. The van der Waals surface area contributed by atoms with Gasteiger partial charge in [-0.2, -0.15) is 0 Å². The van der Waals surface area contributed by atoms with E-state index < -0.39 is 6.10 Å². The molecule has 2 aromatic carbocycles. The fraction of sp³-hybridized carbons (Fsp3) is 0.455. The van der Waals surface area contributed by atoms with E-state index >= 15 is 0 Å². The van der Waals surface area contributed by atoms with Crippen LogP contribution >= 0.6 is 24.8 Å². The van der Waals surface area contributed by atoms with Crippen molar-refractivity contribution in [1.82, 2.24) is 4.90 Å². The Bertz CT molecular complexity index is 706. The monoisotopic (exact) mass is 444 g/mol. The average Bonchev–Trinajstić information content (AvgIpc) is 2.68. The van der Waals surface area contributed by atoms with Crippen LogP contribution in [0, 0.1) is 5.82 Å². The van der Waals surface area contributed by atoms with Crippen molar-refractivity contribution in [1.29, 1.82) is 0 Å². The molecule has 0 amide bonds. The summed E-state index contributed by atoms with van der Waals surface area (Å²) in [5.74, 6) is 1.08. The van der Waals surface area contributed by atoms with Crippen LogP contribution in [-0.4, -0.2) is 55.4 Å². The van der Waals surface area contributed by atoms with Crippen molar-refractivity contribution < 1.29 is 14.2 Å². The average molecular weight is 445 g/mol.